The fourth-order valence-corrected chi connectivity index (χ4v) is 3.31. The molecule has 0 saturated carbocycles. The lowest BCUT2D eigenvalue weighted by Gasteiger charge is -2.08. The van der Waals surface area contributed by atoms with Crippen molar-refractivity contribution in [3.8, 4) is 17.1 Å². The van der Waals surface area contributed by atoms with Crippen LogP contribution in [0.4, 0.5) is 5.69 Å². The number of anilines is 1. The molecule has 1 aromatic heterocycles. The van der Waals surface area contributed by atoms with Crippen molar-refractivity contribution in [1.82, 2.24) is 14.8 Å². The summed E-state index contributed by atoms with van der Waals surface area (Å²) in [5, 5.41) is 13.4. The first-order chi connectivity index (χ1) is 14.5. The van der Waals surface area contributed by atoms with Gasteiger partial charge < -0.3 is 14.0 Å². The van der Waals surface area contributed by atoms with Gasteiger partial charge in [0.25, 0.3) is 0 Å². The minimum absolute atomic E-state index is 0.136. The van der Waals surface area contributed by atoms with Crippen molar-refractivity contribution in [1.29, 1.82) is 0 Å². The number of aromatic nitrogens is 3. The average Bonchev–Trinajstić information content (AvgIpc) is 3.12. The van der Waals surface area contributed by atoms with Gasteiger partial charge in [0.15, 0.2) is 11.0 Å². The third kappa shape index (κ3) is 4.98. The third-order valence-corrected chi connectivity index (χ3v) is 5.23. The highest BCUT2D eigenvalue weighted by atomic mass is 32.2. The van der Waals surface area contributed by atoms with Gasteiger partial charge in [-0.05, 0) is 61.5 Å². The molecule has 0 fully saturated rings. The third-order valence-electron chi connectivity index (χ3n) is 4.24. The lowest BCUT2D eigenvalue weighted by Crippen LogP contribution is -2.17. The van der Waals surface area contributed by atoms with Crippen LogP contribution in [0, 0.1) is 6.92 Å². The Hall–Kier alpha value is -3.33. The van der Waals surface area contributed by atoms with Gasteiger partial charge in [-0.3, -0.25) is 5.43 Å². The molecule has 3 rings (SSSR count). The van der Waals surface area contributed by atoms with Crippen LogP contribution in [-0.4, -0.2) is 39.5 Å². The highest BCUT2D eigenvalue weighted by molar-refractivity contribution is 8.15. The largest absolute Gasteiger partial charge is 0.497 e. The number of carbonyl (C=O) groups is 1. The Balaban J connectivity index is 1.85. The quantitative estimate of drug-likeness (QED) is 0.211. The number of hydrazone groups is 1. The number of ether oxygens (including phenoxy) is 2. The Bertz CT molecular complexity index is 1050. The van der Waals surface area contributed by atoms with Gasteiger partial charge >= 0.3 is 5.97 Å². The number of para-hydroxylation sites is 1. The van der Waals surface area contributed by atoms with Gasteiger partial charge in [0.1, 0.15) is 5.75 Å². The van der Waals surface area contributed by atoms with E-state index >= 15 is 0 Å². The van der Waals surface area contributed by atoms with E-state index in [1.54, 1.807) is 18.6 Å². The summed E-state index contributed by atoms with van der Waals surface area (Å²) in [5.74, 6) is 0.891. The van der Waals surface area contributed by atoms with Crippen LogP contribution in [0.5, 0.6) is 5.75 Å². The summed E-state index contributed by atoms with van der Waals surface area (Å²) in [7, 11) is 3.45. The van der Waals surface area contributed by atoms with Crippen molar-refractivity contribution >= 4 is 28.5 Å². The van der Waals surface area contributed by atoms with Gasteiger partial charge in [-0.15, -0.1) is 10.2 Å². The molecule has 0 spiro atoms. The van der Waals surface area contributed by atoms with Crippen LogP contribution in [0.3, 0.4) is 0 Å². The van der Waals surface area contributed by atoms with Crippen LogP contribution in [0.1, 0.15) is 12.5 Å². The molecule has 0 saturated heterocycles. The first kappa shape index (κ1) is 21.4. The molecule has 1 N–H and O–H groups in total. The molecule has 0 unspecified atom stereocenters. The van der Waals surface area contributed by atoms with E-state index in [-0.39, 0.29) is 11.7 Å². The highest BCUT2D eigenvalue weighted by Crippen LogP contribution is 2.26. The summed E-state index contributed by atoms with van der Waals surface area (Å²) in [6.07, 6.45) is 0. The predicted octanol–water partition coefficient (Wildman–Crippen LogP) is 3.88. The molecule has 2 aromatic carbocycles. The van der Waals surface area contributed by atoms with Crippen LogP contribution < -0.4 is 10.2 Å². The molecule has 0 aliphatic carbocycles. The number of esters is 1. The number of nitrogens with zero attached hydrogens (tertiary/aromatic N) is 4. The molecular formula is C21H23N5O3S. The van der Waals surface area contributed by atoms with E-state index in [0.29, 0.717) is 11.0 Å². The number of nitrogens with one attached hydrogen (secondary N) is 1. The topological polar surface area (TPSA) is 90.6 Å². The number of thioether (sulfide) groups is 1. The van der Waals surface area contributed by atoms with E-state index in [1.807, 2.05) is 62.5 Å². The number of carbonyl (C=O) groups excluding carboxylic acids is 1. The van der Waals surface area contributed by atoms with Gasteiger partial charge in [-0.2, -0.15) is 5.10 Å². The second kappa shape index (κ2) is 9.93. The van der Waals surface area contributed by atoms with Gasteiger partial charge in [0.2, 0.25) is 5.04 Å². The van der Waals surface area contributed by atoms with Crippen molar-refractivity contribution in [2.45, 2.75) is 19.0 Å². The Morgan fingerprint density at radius 1 is 1.17 bits per heavy atom. The number of hydrogen-bond acceptors (Lipinski definition) is 8. The average molecular weight is 426 g/mol. The first-order valence-electron chi connectivity index (χ1n) is 9.31. The molecule has 0 aliphatic heterocycles. The molecule has 0 radical (unpaired) electrons. The number of benzene rings is 2. The zero-order valence-electron chi connectivity index (χ0n) is 17.2. The SMILES string of the molecule is CCOC(=O)/C(=N/Nc1ccccc1C)Sc1nnc(-c2ccc(OC)cc2)n1C. The van der Waals surface area contributed by atoms with Crippen molar-refractivity contribution < 1.29 is 14.3 Å². The number of aryl methyl sites for hydroxylation is 1. The lowest BCUT2D eigenvalue weighted by atomic mass is 10.2. The zero-order valence-corrected chi connectivity index (χ0v) is 18.1. The molecule has 0 amide bonds. The van der Waals surface area contributed by atoms with Crippen molar-refractivity contribution in [2.24, 2.45) is 12.1 Å². The lowest BCUT2D eigenvalue weighted by molar-refractivity contribution is -0.134. The van der Waals surface area contributed by atoms with Crippen LogP contribution >= 0.6 is 11.8 Å². The monoisotopic (exact) mass is 425 g/mol. The normalized spacial score (nSPS) is 11.3. The van der Waals surface area contributed by atoms with E-state index in [2.05, 4.69) is 20.7 Å². The summed E-state index contributed by atoms with van der Waals surface area (Å²) < 4.78 is 12.1. The van der Waals surface area contributed by atoms with Gasteiger partial charge in [0.05, 0.1) is 19.4 Å². The summed E-state index contributed by atoms with van der Waals surface area (Å²) in [4.78, 5) is 12.4. The summed E-state index contributed by atoms with van der Waals surface area (Å²) in [6, 6.07) is 15.2. The maximum atomic E-state index is 12.4. The molecule has 30 heavy (non-hydrogen) atoms. The predicted molar refractivity (Wildman–Crippen MR) is 118 cm³/mol. The van der Waals surface area contributed by atoms with E-state index in [1.165, 1.54) is 0 Å². The fourth-order valence-electron chi connectivity index (χ4n) is 2.59. The maximum Gasteiger partial charge on any atom is 0.365 e. The molecule has 8 nitrogen and oxygen atoms in total. The first-order valence-corrected chi connectivity index (χ1v) is 10.1. The van der Waals surface area contributed by atoms with Crippen molar-refractivity contribution in [2.75, 3.05) is 19.1 Å². The second-order valence-electron chi connectivity index (χ2n) is 6.26. The molecule has 0 bridgehead atoms. The minimum atomic E-state index is -0.530. The number of rotatable bonds is 6. The van der Waals surface area contributed by atoms with E-state index in [9.17, 15) is 4.79 Å². The Kier molecular flexibility index (Phi) is 7.08. The second-order valence-corrected chi connectivity index (χ2v) is 7.22. The summed E-state index contributed by atoms with van der Waals surface area (Å²) in [5.41, 5.74) is 5.63. The Morgan fingerprint density at radius 3 is 2.57 bits per heavy atom. The minimum Gasteiger partial charge on any atom is -0.497 e. The number of hydrogen-bond donors (Lipinski definition) is 1. The van der Waals surface area contributed by atoms with E-state index in [0.717, 1.165) is 34.3 Å². The van der Waals surface area contributed by atoms with Crippen molar-refractivity contribution in [3.05, 3.63) is 54.1 Å². The molecular weight excluding hydrogens is 402 g/mol. The molecule has 0 atom stereocenters. The standard InChI is InChI=1S/C21H23N5O3S/c1-5-29-20(27)19(24-22-17-9-7-6-8-14(17)2)30-21-25-23-18(26(21)3)15-10-12-16(28-4)13-11-15/h6-13,22H,5H2,1-4H3/b24-19-. The molecule has 9 heteroatoms. The van der Waals surface area contributed by atoms with Gasteiger partial charge in [0, 0.05) is 12.6 Å². The van der Waals surface area contributed by atoms with Crippen LogP contribution in [-0.2, 0) is 16.6 Å². The Labute approximate surface area is 179 Å². The zero-order chi connectivity index (χ0) is 21.5. The van der Waals surface area contributed by atoms with Crippen LogP contribution in [0.15, 0.2) is 58.8 Å². The van der Waals surface area contributed by atoms with Crippen molar-refractivity contribution in [3.63, 3.8) is 0 Å². The van der Waals surface area contributed by atoms with Crippen LogP contribution in [0.25, 0.3) is 11.4 Å². The summed E-state index contributed by atoms with van der Waals surface area (Å²) in [6.45, 7) is 3.95. The highest BCUT2D eigenvalue weighted by Gasteiger charge is 2.20. The maximum absolute atomic E-state index is 12.4. The smallest absolute Gasteiger partial charge is 0.365 e. The number of methoxy groups -OCH3 is 1. The molecule has 1 heterocycles. The van der Waals surface area contributed by atoms with E-state index < -0.39 is 5.97 Å². The molecule has 156 valence electrons. The summed E-state index contributed by atoms with van der Waals surface area (Å²) >= 11 is 1.09. The Morgan fingerprint density at radius 2 is 1.90 bits per heavy atom. The van der Waals surface area contributed by atoms with E-state index in [4.69, 9.17) is 9.47 Å². The molecule has 0 aliphatic rings. The fraction of sp³-hybridized carbons (Fsp3) is 0.238. The molecule has 3 aromatic rings. The van der Waals surface area contributed by atoms with Crippen LogP contribution in [0.2, 0.25) is 0 Å². The van der Waals surface area contributed by atoms with Gasteiger partial charge in [-0.25, -0.2) is 4.79 Å². The van der Waals surface area contributed by atoms with Gasteiger partial charge in [-0.1, -0.05) is 18.2 Å².